The van der Waals surface area contributed by atoms with Gasteiger partial charge in [-0.1, -0.05) is 0 Å². The second-order valence-electron chi connectivity index (χ2n) is 4.76. The minimum absolute atomic E-state index is 0.0521. The Kier molecular flexibility index (Phi) is 7.28. The molecule has 0 aromatic carbocycles. The Hall–Kier alpha value is -1.44. The number of aliphatic carboxylic acids is 2. The van der Waals surface area contributed by atoms with Gasteiger partial charge in [-0.05, 0) is 20.8 Å². The van der Waals surface area contributed by atoms with Crippen molar-refractivity contribution in [2.75, 3.05) is 11.5 Å². The Morgan fingerprint density at radius 3 is 2.26 bits per heavy atom. The second-order valence-corrected chi connectivity index (χ2v) is 5.91. The summed E-state index contributed by atoms with van der Waals surface area (Å²) in [6.07, 6.45) is -0.859. The molecule has 1 unspecified atom stereocenters. The molecule has 1 amide bonds. The van der Waals surface area contributed by atoms with E-state index < -0.39 is 29.7 Å². The molecule has 1 atom stereocenters. The average molecular weight is 293 g/mol. The van der Waals surface area contributed by atoms with Crippen LogP contribution in [-0.2, 0) is 14.3 Å². The Balaban J connectivity index is 4.16. The first-order valence-corrected chi connectivity index (χ1v) is 6.79. The number of hydrogen-bond donors (Lipinski definition) is 3. The van der Waals surface area contributed by atoms with Crippen LogP contribution in [0.2, 0.25) is 0 Å². The van der Waals surface area contributed by atoms with Crippen molar-refractivity contribution in [1.82, 2.24) is 5.32 Å². The molecule has 19 heavy (non-hydrogen) atoms. The van der Waals surface area contributed by atoms with Crippen molar-refractivity contribution in [2.24, 2.45) is 0 Å². The second kappa shape index (κ2) is 7.88. The van der Waals surface area contributed by atoms with Gasteiger partial charge in [-0.15, -0.1) is 0 Å². The van der Waals surface area contributed by atoms with Crippen LogP contribution in [0.3, 0.4) is 0 Å². The van der Waals surface area contributed by atoms with Gasteiger partial charge in [0, 0.05) is 11.5 Å². The number of carbonyl (C=O) groups is 3. The molecule has 0 spiro atoms. The van der Waals surface area contributed by atoms with E-state index in [2.05, 4.69) is 5.32 Å². The van der Waals surface area contributed by atoms with E-state index in [1.54, 1.807) is 20.8 Å². The summed E-state index contributed by atoms with van der Waals surface area (Å²) in [5, 5.41) is 19.6. The number of alkyl carbamates (subject to hydrolysis) is 1. The summed E-state index contributed by atoms with van der Waals surface area (Å²) < 4.78 is 4.95. The van der Waals surface area contributed by atoms with Gasteiger partial charge in [0.05, 0.1) is 6.42 Å². The molecule has 0 bridgehead atoms. The molecule has 0 aromatic rings. The van der Waals surface area contributed by atoms with Crippen LogP contribution in [-0.4, -0.2) is 51.4 Å². The number of amides is 1. The Bertz CT molecular complexity index is 339. The number of rotatable bonds is 7. The van der Waals surface area contributed by atoms with E-state index in [1.807, 2.05) is 0 Å². The molecule has 8 heteroatoms. The zero-order valence-electron chi connectivity index (χ0n) is 11.1. The van der Waals surface area contributed by atoms with Crippen LogP contribution < -0.4 is 5.32 Å². The van der Waals surface area contributed by atoms with Crippen molar-refractivity contribution < 1.29 is 29.3 Å². The van der Waals surface area contributed by atoms with Gasteiger partial charge in [-0.2, -0.15) is 11.8 Å². The standard InChI is InChI=1S/C11H19NO6S/c1-11(2,3)18-10(17)12-7(9(15)16)6-19-5-4-8(13)14/h7H,4-6H2,1-3H3,(H,12,17)(H,13,14)(H,15,16). The molecule has 0 fully saturated rings. The fraction of sp³-hybridized carbons (Fsp3) is 0.727. The summed E-state index contributed by atoms with van der Waals surface area (Å²) in [6, 6.07) is -1.10. The lowest BCUT2D eigenvalue weighted by atomic mass is 10.2. The monoisotopic (exact) mass is 293 g/mol. The Morgan fingerprint density at radius 2 is 1.84 bits per heavy atom. The van der Waals surface area contributed by atoms with Gasteiger partial charge in [0.2, 0.25) is 0 Å². The SMILES string of the molecule is CC(C)(C)OC(=O)NC(CSCCC(=O)O)C(=O)O. The van der Waals surface area contributed by atoms with Crippen LogP contribution in [0.1, 0.15) is 27.2 Å². The zero-order valence-corrected chi connectivity index (χ0v) is 12.0. The van der Waals surface area contributed by atoms with Gasteiger partial charge in [0.25, 0.3) is 0 Å². The zero-order chi connectivity index (χ0) is 15.1. The first-order valence-electron chi connectivity index (χ1n) is 5.63. The minimum Gasteiger partial charge on any atom is -0.481 e. The van der Waals surface area contributed by atoms with Gasteiger partial charge in [0.15, 0.2) is 0 Å². The van der Waals surface area contributed by atoms with Crippen LogP contribution in [0.4, 0.5) is 4.79 Å². The van der Waals surface area contributed by atoms with Crippen LogP contribution in [0.15, 0.2) is 0 Å². The highest BCUT2D eigenvalue weighted by Gasteiger charge is 2.23. The minimum atomic E-state index is -1.19. The molecule has 110 valence electrons. The highest BCUT2D eigenvalue weighted by atomic mass is 32.2. The number of carboxylic acids is 2. The number of nitrogens with one attached hydrogen (secondary N) is 1. The fourth-order valence-corrected chi connectivity index (χ4v) is 1.93. The normalized spacial score (nSPS) is 12.6. The highest BCUT2D eigenvalue weighted by Crippen LogP contribution is 2.09. The fourth-order valence-electron chi connectivity index (χ4n) is 0.985. The average Bonchev–Trinajstić information content (AvgIpc) is 2.19. The third-order valence-corrected chi connectivity index (χ3v) is 2.80. The number of carbonyl (C=O) groups excluding carboxylic acids is 1. The molecule has 0 heterocycles. The van der Waals surface area contributed by atoms with Gasteiger partial charge in [-0.25, -0.2) is 9.59 Å². The van der Waals surface area contributed by atoms with Gasteiger partial charge < -0.3 is 20.3 Å². The van der Waals surface area contributed by atoms with Crippen molar-refractivity contribution in [3.8, 4) is 0 Å². The van der Waals surface area contributed by atoms with E-state index in [-0.39, 0.29) is 17.9 Å². The third kappa shape index (κ3) is 10.2. The van der Waals surface area contributed by atoms with Crippen LogP contribution in [0.5, 0.6) is 0 Å². The molecule has 0 aliphatic rings. The maximum atomic E-state index is 11.4. The van der Waals surface area contributed by atoms with Crippen molar-refractivity contribution in [3.63, 3.8) is 0 Å². The van der Waals surface area contributed by atoms with Crippen molar-refractivity contribution in [3.05, 3.63) is 0 Å². The highest BCUT2D eigenvalue weighted by molar-refractivity contribution is 7.99. The molecule has 0 saturated heterocycles. The van der Waals surface area contributed by atoms with E-state index >= 15 is 0 Å². The molecule has 0 aliphatic carbocycles. The van der Waals surface area contributed by atoms with E-state index in [0.29, 0.717) is 0 Å². The summed E-state index contributed by atoms with van der Waals surface area (Å²) in [5.41, 5.74) is -0.705. The summed E-state index contributed by atoms with van der Waals surface area (Å²) >= 11 is 1.15. The van der Waals surface area contributed by atoms with Crippen molar-refractivity contribution >= 4 is 29.8 Å². The smallest absolute Gasteiger partial charge is 0.408 e. The van der Waals surface area contributed by atoms with E-state index in [4.69, 9.17) is 14.9 Å². The lowest BCUT2D eigenvalue weighted by Gasteiger charge is -2.21. The maximum Gasteiger partial charge on any atom is 0.408 e. The van der Waals surface area contributed by atoms with E-state index in [1.165, 1.54) is 0 Å². The lowest BCUT2D eigenvalue weighted by Crippen LogP contribution is -2.45. The Morgan fingerprint density at radius 1 is 1.26 bits per heavy atom. The van der Waals surface area contributed by atoms with Gasteiger partial charge in [0.1, 0.15) is 11.6 Å². The molecule has 3 N–H and O–H groups in total. The number of thioether (sulfide) groups is 1. The van der Waals surface area contributed by atoms with Gasteiger partial charge in [-0.3, -0.25) is 4.79 Å². The Labute approximate surface area is 115 Å². The largest absolute Gasteiger partial charge is 0.481 e. The number of hydrogen-bond acceptors (Lipinski definition) is 5. The van der Waals surface area contributed by atoms with Crippen molar-refractivity contribution in [2.45, 2.75) is 38.8 Å². The first-order chi connectivity index (χ1) is 8.61. The summed E-state index contributed by atoms with van der Waals surface area (Å²) in [6.45, 7) is 5.01. The van der Waals surface area contributed by atoms with Crippen LogP contribution in [0.25, 0.3) is 0 Å². The van der Waals surface area contributed by atoms with E-state index in [9.17, 15) is 14.4 Å². The topological polar surface area (TPSA) is 113 Å². The van der Waals surface area contributed by atoms with Crippen LogP contribution in [0, 0.1) is 0 Å². The predicted molar refractivity (Wildman–Crippen MR) is 70.4 cm³/mol. The number of carboxylic acid groups (broad SMARTS) is 2. The maximum absolute atomic E-state index is 11.4. The van der Waals surface area contributed by atoms with E-state index in [0.717, 1.165) is 11.8 Å². The molecule has 0 aromatic heterocycles. The third-order valence-electron chi connectivity index (χ3n) is 1.73. The van der Waals surface area contributed by atoms with Crippen molar-refractivity contribution in [1.29, 1.82) is 0 Å². The quantitative estimate of drug-likeness (QED) is 0.604. The molecular formula is C11H19NO6S. The molecule has 7 nitrogen and oxygen atoms in total. The molecule has 0 saturated carbocycles. The lowest BCUT2D eigenvalue weighted by molar-refractivity contribution is -0.139. The molecular weight excluding hydrogens is 274 g/mol. The predicted octanol–water partition coefficient (Wildman–Crippen LogP) is 1.17. The van der Waals surface area contributed by atoms with Crippen LogP contribution >= 0.6 is 11.8 Å². The number of ether oxygens (including phenoxy) is 1. The molecule has 0 radical (unpaired) electrons. The summed E-state index contributed by atoms with van der Waals surface area (Å²) in [5.74, 6) is -1.76. The molecule has 0 aliphatic heterocycles. The summed E-state index contributed by atoms with van der Waals surface area (Å²) in [7, 11) is 0. The van der Waals surface area contributed by atoms with Gasteiger partial charge >= 0.3 is 18.0 Å². The first kappa shape index (κ1) is 17.6. The summed E-state index contributed by atoms with van der Waals surface area (Å²) in [4.78, 5) is 32.6. The molecule has 0 rings (SSSR count).